The highest BCUT2D eigenvalue weighted by atomic mass is 31.2. The van der Waals surface area contributed by atoms with E-state index < -0.39 is 31.3 Å². The minimum absolute atomic E-state index is 0.338. The molecule has 296 valence electrons. The molecule has 0 fully saturated rings. The lowest BCUT2D eigenvalue weighted by atomic mass is 9.78. The number of benzene rings is 6. The lowest BCUT2D eigenvalue weighted by Gasteiger charge is -2.36. The number of para-hydroxylation sites is 4. The van der Waals surface area contributed by atoms with E-state index in [0.717, 1.165) is 11.1 Å². The third-order valence-electron chi connectivity index (χ3n) is 10.2. The first-order chi connectivity index (χ1) is 27.3. The van der Waals surface area contributed by atoms with Crippen molar-refractivity contribution in [3.63, 3.8) is 0 Å². The Labute approximate surface area is 336 Å². The lowest BCUT2D eigenvalue weighted by Crippen LogP contribution is -2.35. The molecule has 57 heavy (non-hydrogen) atoms. The molecule has 0 saturated carbocycles. The number of hydrogen-bond donors (Lipinski definition) is 0. The fourth-order valence-corrected chi connectivity index (χ4v) is 9.75. The van der Waals surface area contributed by atoms with Gasteiger partial charge in [-0.2, -0.15) is 0 Å². The van der Waals surface area contributed by atoms with Crippen LogP contribution in [0.3, 0.4) is 0 Å². The molecular formula is C47H50O8P2. The van der Waals surface area contributed by atoms with Gasteiger partial charge in [-0.15, -0.1) is 0 Å². The van der Waals surface area contributed by atoms with Crippen LogP contribution < -0.4 is 27.6 Å². The smallest absolute Gasteiger partial charge is 0.472 e. The van der Waals surface area contributed by atoms with Crippen molar-refractivity contribution in [2.24, 2.45) is 0 Å². The minimum Gasteiger partial charge on any atom is -0.472 e. The number of rotatable bonds is 18. The fraction of sp³-hybridized carbons (Fsp3) is 0.234. The van der Waals surface area contributed by atoms with Crippen molar-refractivity contribution in [1.82, 2.24) is 0 Å². The molecule has 0 aliphatic carbocycles. The van der Waals surface area contributed by atoms with Gasteiger partial charge in [0, 0.05) is 5.41 Å². The quantitative estimate of drug-likeness (QED) is 0.0794. The zero-order valence-corrected chi connectivity index (χ0v) is 35.0. The van der Waals surface area contributed by atoms with Crippen LogP contribution in [0, 0.1) is 0 Å². The van der Waals surface area contributed by atoms with Crippen LogP contribution in [0.25, 0.3) is 0 Å². The van der Waals surface area contributed by atoms with Crippen LogP contribution >= 0.6 is 15.2 Å². The van der Waals surface area contributed by atoms with Crippen molar-refractivity contribution in [2.45, 2.75) is 70.5 Å². The molecule has 0 spiro atoms. The van der Waals surface area contributed by atoms with E-state index in [9.17, 15) is 9.13 Å². The summed E-state index contributed by atoms with van der Waals surface area (Å²) in [5.41, 5.74) is 1.56. The molecule has 0 amide bonds. The van der Waals surface area contributed by atoms with Crippen molar-refractivity contribution in [1.29, 1.82) is 0 Å². The van der Waals surface area contributed by atoms with Crippen molar-refractivity contribution in [3.8, 4) is 34.5 Å². The molecular weight excluding hydrogens is 754 g/mol. The van der Waals surface area contributed by atoms with Crippen LogP contribution in [-0.4, -0.2) is 10.7 Å². The van der Waals surface area contributed by atoms with E-state index in [2.05, 4.69) is 13.8 Å². The summed E-state index contributed by atoms with van der Waals surface area (Å²) in [7, 11) is -8.00. The molecule has 3 unspecified atom stereocenters. The molecule has 0 N–H and O–H groups in total. The Morgan fingerprint density at radius 3 is 0.912 bits per heavy atom. The first-order valence-corrected chi connectivity index (χ1v) is 22.2. The summed E-state index contributed by atoms with van der Waals surface area (Å²) in [6.07, 6.45) is 0.691. The lowest BCUT2D eigenvalue weighted by molar-refractivity contribution is 0.135. The number of ether oxygens (including phenoxy) is 2. The fourth-order valence-electron chi connectivity index (χ4n) is 6.10. The van der Waals surface area contributed by atoms with Crippen LogP contribution in [-0.2, 0) is 14.5 Å². The Kier molecular flexibility index (Phi) is 12.6. The Bertz CT molecular complexity index is 2220. The predicted octanol–water partition coefficient (Wildman–Crippen LogP) is 13.7. The van der Waals surface area contributed by atoms with E-state index in [0.29, 0.717) is 47.3 Å². The predicted molar refractivity (Wildman–Crippen MR) is 227 cm³/mol. The Morgan fingerprint density at radius 1 is 0.368 bits per heavy atom. The maximum absolute atomic E-state index is 14.9. The largest absolute Gasteiger partial charge is 0.473 e. The SMILES string of the molecule is CCC(C)(Oc1ccc(C(C)(C)c2ccc(OP(=O)(Oc3ccccc3)C(C)(CC)Oc3ccccc3)cc2)cc1)P(=O)(Oc1ccccc1)Oc1ccccc1. The molecule has 0 radical (unpaired) electrons. The molecule has 3 atom stereocenters. The van der Waals surface area contributed by atoms with E-state index in [-0.39, 0.29) is 0 Å². The summed E-state index contributed by atoms with van der Waals surface area (Å²) in [6, 6.07) is 51.4. The molecule has 0 bridgehead atoms. The molecule has 0 aliphatic rings. The third-order valence-corrected chi connectivity index (χ3v) is 15.1. The summed E-state index contributed by atoms with van der Waals surface area (Å²) in [4.78, 5) is 0. The van der Waals surface area contributed by atoms with Crippen molar-refractivity contribution in [3.05, 3.63) is 181 Å². The third kappa shape index (κ3) is 9.42. The average Bonchev–Trinajstić information content (AvgIpc) is 3.22. The van der Waals surface area contributed by atoms with Gasteiger partial charge in [0.1, 0.15) is 34.5 Å². The van der Waals surface area contributed by atoms with Crippen molar-refractivity contribution < 1.29 is 36.7 Å². The van der Waals surface area contributed by atoms with Gasteiger partial charge in [0.15, 0.2) is 0 Å². The molecule has 6 aromatic rings. The Balaban J connectivity index is 1.22. The Morgan fingerprint density at radius 2 is 0.614 bits per heavy atom. The van der Waals surface area contributed by atoms with Crippen LogP contribution in [0.2, 0.25) is 0 Å². The highest BCUT2D eigenvalue weighted by Gasteiger charge is 2.53. The molecule has 8 nitrogen and oxygen atoms in total. The van der Waals surface area contributed by atoms with Gasteiger partial charge in [-0.1, -0.05) is 125 Å². The van der Waals surface area contributed by atoms with Crippen LogP contribution in [0.4, 0.5) is 0 Å². The van der Waals surface area contributed by atoms with Gasteiger partial charge in [-0.05, 0) is 111 Å². The topological polar surface area (TPSA) is 89.5 Å². The normalized spacial score (nSPS) is 14.8. The van der Waals surface area contributed by atoms with E-state index in [4.69, 9.17) is 27.6 Å². The minimum atomic E-state index is -4.02. The van der Waals surface area contributed by atoms with Gasteiger partial charge < -0.3 is 27.6 Å². The second-order valence-corrected chi connectivity index (χ2v) is 19.2. The van der Waals surface area contributed by atoms with Crippen LogP contribution in [0.1, 0.15) is 65.5 Å². The second-order valence-electron chi connectivity index (χ2n) is 14.5. The van der Waals surface area contributed by atoms with Crippen LogP contribution in [0.15, 0.2) is 170 Å². The van der Waals surface area contributed by atoms with Gasteiger partial charge in [-0.3, -0.25) is 0 Å². The first-order valence-electron chi connectivity index (χ1n) is 19.1. The summed E-state index contributed by atoms with van der Waals surface area (Å²) >= 11 is 0. The number of hydrogen-bond acceptors (Lipinski definition) is 8. The van der Waals surface area contributed by atoms with Crippen molar-refractivity contribution >= 4 is 15.2 Å². The Hall–Kier alpha value is -5.42. The molecule has 0 saturated heterocycles. The van der Waals surface area contributed by atoms with E-state index >= 15 is 0 Å². The van der Waals surface area contributed by atoms with Gasteiger partial charge in [-0.25, -0.2) is 9.13 Å². The zero-order chi connectivity index (χ0) is 40.6. The molecule has 0 heterocycles. The summed E-state index contributed by atoms with van der Waals surface area (Å²) in [5, 5.41) is -2.65. The van der Waals surface area contributed by atoms with Gasteiger partial charge >= 0.3 is 15.2 Å². The molecule has 6 rings (SSSR count). The zero-order valence-electron chi connectivity index (χ0n) is 33.2. The summed E-state index contributed by atoms with van der Waals surface area (Å²) < 4.78 is 67.4. The molecule has 6 aromatic carbocycles. The van der Waals surface area contributed by atoms with E-state index in [1.54, 1.807) is 62.4 Å². The second kappa shape index (κ2) is 17.4. The molecule has 0 aromatic heterocycles. The highest BCUT2D eigenvalue weighted by molar-refractivity contribution is 7.56. The highest BCUT2D eigenvalue weighted by Crippen LogP contribution is 2.62. The average molecular weight is 805 g/mol. The van der Waals surface area contributed by atoms with Crippen molar-refractivity contribution in [2.75, 3.05) is 0 Å². The first kappa shape index (κ1) is 41.2. The van der Waals surface area contributed by atoms with E-state index in [1.807, 2.05) is 135 Å². The van der Waals surface area contributed by atoms with Crippen LogP contribution in [0.5, 0.6) is 34.5 Å². The van der Waals surface area contributed by atoms with Gasteiger partial charge in [0.05, 0.1) is 0 Å². The van der Waals surface area contributed by atoms with E-state index in [1.165, 1.54) is 0 Å². The summed E-state index contributed by atoms with van der Waals surface area (Å²) in [6.45, 7) is 11.5. The molecule has 0 aliphatic heterocycles. The maximum Gasteiger partial charge on any atom is 0.473 e. The van der Waals surface area contributed by atoms with Gasteiger partial charge in [0.25, 0.3) is 0 Å². The standard InChI is InChI=1S/C47H50O8P2/c1-7-46(5,50-39-21-13-9-14-22-39)57(49,54-43-27-19-12-20-28-43)55-44-35-31-38(32-36-44)45(3,4)37-29-33-40(34-30-37)51-47(6,8-2)56(48,52-41-23-15-10-16-24-41)53-42-25-17-11-18-26-42/h9-36H,7-8H2,1-6H3. The van der Waals surface area contributed by atoms with Gasteiger partial charge in [0.2, 0.25) is 10.7 Å². The maximum atomic E-state index is 14.9. The summed E-state index contributed by atoms with van der Waals surface area (Å²) in [5.74, 6) is 2.71. The monoisotopic (exact) mass is 804 g/mol. The molecule has 10 heteroatoms.